The summed E-state index contributed by atoms with van der Waals surface area (Å²) in [7, 11) is 0. The van der Waals surface area contributed by atoms with Crippen molar-refractivity contribution < 1.29 is 19.1 Å². The molecule has 0 amide bonds. The third-order valence-corrected chi connectivity index (χ3v) is 2.78. The Morgan fingerprint density at radius 1 is 0.909 bits per heavy atom. The number of carbonyl (C=O) groups is 2. The van der Waals surface area contributed by atoms with Crippen LogP contribution in [0.15, 0.2) is 66.7 Å². The van der Waals surface area contributed by atoms with Gasteiger partial charge in [-0.1, -0.05) is 18.2 Å². The summed E-state index contributed by atoms with van der Waals surface area (Å²) < 4.78 is 10.4. The summed E-state index contributed by atoms with van der Waals surface area (Å²) in [5.74, 6) is 0.570. The van der Waals surface area contributed by atoms with E-state index in [-0.39, 0.29) is 12.4 Å². The minimum atomic E-state index is -0.528. The Bertz CT molecular complexity index is 657. The molecule has 4 heteroatoms. The van der Waals surface area contributed by atoms with Gasteiger partial charge in [0.2, 0.25) is 0 Å². The molecule has 0 saturated heterocycles. The van der Waals surface area contributed by atoms with Crippen LogP contribution in [0.1, 0.15) is 17.3 Å². The number of hydrogen-bond donors (Lipinski definition) is 0. The van der Waals surface area contributed by atoms with Crippen molar-refractivity contribution in [1.29, 1.82) is 0 Å². The molecule has 2 rings (SSSR count). The lowest BCUT2D eigenvalue weighted by Gasteiger charge is -2.05. The van der Waals surface area contributed by atoms with Crippen LogP contribution >= 0.6 is 0 Å². The van der Waals surface area contributed by atoms with Crippen LogP contribution in [0, 0.1) is 0 Å². The quantitative estimate of drug-likeness (QED) is 0.462. The molecule has 0 aliphatic rings. The van der Waals surface area contributed by atoms with Gasteiger partial charge >= 0.3 is 5.97 Å². The number of esters is 1. The molecule has 4 nitrogen and oxygen atoms in total. The second kappa shape index (κ2) is 7.78. The first-order chi connectivity index (χ1) is 10.7. The lowest BCUT2D eigenvalue weighted by Crippen LogP contribution is -2.01. The van der Waals surface area contributed by atoms with E-state index in [1.165, 1.54) is 6.08 Å². The number of benzene rings is 2. The number of carbonyl (C=O) groups excluding carboxylic acids is 2. The average molecular weight is 296 g/mol. The van der Waals surface area contributed by atoms with E-state index < -0.39 is 5.97 Å². The van der Waals surface area contributed by atoms with E-state index in [2.05, 4.69) is 0 Å². The van der Waals surface area contributed by atoms with Crippen LogP contribution in [0.5, 0.6) is 11.5 Å². The van der Waals surface area contributed by atoms with E-state index in [0.29, 0.717) is 11.3 Å². The van der Waals surface area contributed by atoms with Crippen molar-refractivity contribution in [3.8, 4) is 11.5 Å². The predicted octanol–water partition coefficient (Wildman–Crippen LogP) is 3.78. The highest BCUT2D eigenvalue weighted by Crippen LogP contribution is 2.21. The van der Waals surface area contributed by atoms with Crippen LogP contribution in [0.4, 0.5) is 0 Å². The molecule has 0 N–H and O–H groups in total. The first-order valence-electron chi connectivity index (χ1n) is 6.91. The summed E-state index contributed by atoms with van der Waals surface area (Å²) in [6, 6.07) is 16.1. The maximum atomic E-state index is 11.9. The third kappa shape index (κ3) is 4.59. The zero-order chi connectivity index (χ0) is 15.8. The minimum Gasteiger partial charge on any atom is -0.463 e. The normalized spacial score (nSPS) is 10.4. The monoisotopic (exact) mass is 296 g/mol. The van der Waals surface area contributed by atoms with Crippen molar-refractivity contribution in [3.63, 3.8) is 0 Å². The van der Waals surface area contributed by atoms with E-state index in [1.807, 2.05) is 30.3 Å². The lowest BCUT2D eigenvalue weighted by molar-refractivity contribution is -0.137. The molecule has 0 bridgehead atoms. The molecule has 2 aromatic rings. The van der Waals surface area contributed by atoms with Gasteiger partial charge in [0.05, 0.1) is 6.61 Å². The van der Waals surface area contributed by atoms with Crippen molar-refractivity contribution in [2.45, 2.75) is 6.92 Å². The van der Waals surface area contributed by atoms with Crippen LogP contribution in [-0.2, 0) is 9.53 Å². The number of para-hydroxylation sites is 1. The Morgan fingerprint density at radius 2 is 1.55 bits per heavy atom. The van der Waals surface area contributed by atoms with Gasteiger partial charge in [-0.2, -0.15) is 0 Å². The second-order valence-corrected chi connectivity index (χ2v) is 4.39. The number of rotatable bonds is 6. The molecule has 0 aliphatic carbocycles. The fourth-order valence-corrected chi connectivity index (χ4v) is 1.74. The first-order valence-corrected chi connectivity index (χ1v) is 6.91. The summed E-state index contributed by atoms with van der Waals surface area (Å²) in [6.07, 6.45) is 2.32. The molecule has 22 heavy (non-hydrogen) atoms. The van der Waals surface area contributed by atoms with E-state index >= 15 is 0 Å². The molecule has 0 aromatic heterocycles. The van der Waals surface area contributed by atoms with Crippen molar-refractivity contribution in [1.82, 2.24) is 0 Å². The minimum absolute atomic E-state index is 0.265. The van der Waals surface area contributed by atoms with Gasteiger partial charge in [-0.3, -0.25) is 4.79 Å². The Balaban J connectivity index is 1.99. The van der Waals surface area contributed by atoms with Gasteiger partial charge in [-0.05, 0) is 49.4 Å². The Hall–Kier alpha value is -2.88. The third-order valence-electron chi connectivity index (χ3n) is 2.78. The molecule has 2 aromatic carbocycles. The van der Waals surface area contributed by atoms with Crippen molar-refractivity contribution in [3.05, 3.63) is 72.3 Å². The van der Waals surface area contributed by atoms with Crippen LogP contribution < -0.4 is 4.74 Å². The van der Waals surface area contributed by atoms with Crippen LogP contribution in [0.3, 0.4) is 0 Å². The maximum Gasteiger partial charge on any atom is 0.330 e. The van der Waals surface area contributed by atoms with E-state index in [0.717, 1.165) is 11.8 Å². The largest absolute Gasteiger partial charge is 0.463 e. The highest BCUT2D eigenvalue weighted by atomic mass is 16.5. The molecule has 0 radical (unpaired) electrons. The topological polar surface area (TPSA) is 52.6 Å². The zero-order valence-electron chi connectivity index (χ0n) is 12.2. The molecule has 0 atom stereocenters. The van der Waals surface area contributed by atoms with Crippen LogP contribution in [0.2, 0.25) is 0 Å². The van der Waals surface area contributed by atoms with E-state index in [1.54, 1.807) is 31.2 Å². The van der Waals surface area contributed by atoms with Gasteiger partial charge in [-0.15, -0.1) is 0 Å². The highest BCUT2D eigenvalue weighted by molar-refractivity contribution is 6.07. The van der Waals surface area contributed by atoms with Gasteiger partial charge in [0.15, 0.2) is 5.78 Å². The Kier molecular flexibility index (Phi) is 5.49. The summed E-state index contributed by atoms with van der Waals surface area (Å²) in [5.41, 5.74) is 0.473. The van der Waals surface area contributed by atoms with Crippen molar-refractivity contribution >= 4 is 11.8 Å². The van der Waals surface area contributed by atoms with Crippen molar-refractivity contribution in [2.75, 3.05) is 6.61 Å². The number of ketones is 1. The standard InChI is InChI=1S/C18H16O4/c1-2-21-18(20)13-12-17(19)14-8-10-16(11-9-14)22-15-6-4-3-5-7-15/h3-13H,2H2,1H3. The van der Waals surface area contributed by atoms with E-state index in [4.69, 9.17) is 9.47 Å². The van der Waals surface area contributed by atoms with Gasteiger partial charge < -0.3 is 9.47 Å². The smallest absolute Gasteiger partial charge is 0.330 e. The molecule has 112 valence electrons. The highest BCUT2D eigenvalue weighted by Gasteiger charge is 2.04. The zero-order valence-corrected chi connectivity index (χ0v) is 12.2. The Labute approximate surface area is 129 Å². The van der Waals surface area contributed by atoms with Crippen LogP contribution in [0.25, 0.3) is 0 Å². The molecule has 0 saturated carbocycles. The fraction of sp³-hybridized carbons (Fsp3) is 0.111. The average Bonchev–Trinajstić information content (AvgIpc) is 2.54. The SMILES string of the molecule is CCOC(=O)C=CC(=O)c1ccc(Oc2ccccc2)cc1. The van der Waals surface area contributed by atoms with Gasteiger partial charge in [0.1, 0.15) is 11.5 Å². The predicted molar refractivity (Wildman–Crippen MR) is 83.1 cm³/mol. The Morgan fingerprint density at radius 3 is 2.18 bits per heavy atom. The van der Waals surface area contributed by atoms with Crippen molar-refractivity contribution in [2.24, 2.45) is 0 Å². The molecule has 0 spiro atoms. The molecular weight excluding hydrogens is 280 g/mol. The number of hydrogen-bond acceptors (Lipinski definition) is 4. The van der Waals surface area contributed by atoms with Crippen LogP contribution in [-0.4, -0.2) is 18.4 Å². The van der Waals surface area contributed by atoms with Gasteiger partial charge in [-0.25, -0.2) is 4.79 Å². The second-order valence-electron chi connectivity index (χ2n) is 4.39. The lowest BCUT2D eigenvalue weighted by atomic mass is 10.1. The number of ether oxygens (including phenoxy) is 2. The molecule has 0 heterocycles. The molecule has 0 fully saturated rings. The fourth-order valence-electron chi connectivity index (χ4n) is 1.74. The summed E-state index contributed by atoms with van der Waals surface area (Å²) in [6.45, 7) is 1.99. The first kappa shape index (κ1) is 15.5. The molecule has 0 aliphatic heterocycles. The van der Waals surface area contributed by atoms with Gasteiger partial charge in [0.25, 0.3) is 0 Å². The van der Waals surface area contributed by atoms with Gasteiger partial charge in [0, 0.05) is 11.6 Å². The maximum absolute atomic E-state index is 11.9. The summed E-state index contributed by atoms with van der Waals surface area (Å²) in [5, 5.41) is 0. The molecular formula is C18H16O4. The van der Waals surface area contributed by atoms with E-state index in [9.17, 15) is 9.59 Å². The summed E-state index contributed by atoms with van der Waals surface area (Å²) in [4.78, 5) is 23.0. The number of allylic oxidation sites excluding steroid dienone is 1. The molecule has 0 unspecified atom stereocenters. The summed E-state index contributed by atoms with van der Waals surface area (Å²) >= 11 is 0.